The number of Topliss-reactive ketones (excluding diaryl/α,β-unsaturated/α-hetero) is 1. The minimum absolute atomic E-state index is 0.0604. The van der Waals surface area contributed by atoms with Gasteiger partial charge < -0.3 is 15.4 Å². The van der Waals surface area contributed by atoms with E-state index < -0.39 is 11.9 Å². The highest BCUT2D eigenvalue weighted by Gasteiger charge is 2.30. The normalized spacial score (nSPS) is 17.6. The van der Waals surface area contributed by atoms with Crippen LogP contribution in [-0.2, 0) is 9.59 Å². The van der Waals surface area contributed by atoms with Crippen LogP contribution in [0.4, 0.5) is 0 Å². The Hall–Kier alpha value is -2.37. The van der Waals surface area contributed by atoms with Crippen LogP contribution in [0.1, 0.15) is 43.0 Å². The Morgan fingerprint density at radius 3 is 2.52 bits per heavy atom. The molecule has 23 heavy (non-hydrogen) atoms. The number of carbonyl (C=O) groups excluding carboxylic acids is 3. The molecule has 2 amide bonds. The lowest BCUT2D eigenvalue weighted by molar-refractivity contribution is -0.142. The fourth-order valence-corrected chi connectivity index (χ4v) is 2.70. The molecule has 0 saturated carbocycles. The first-order valence-corrected chi connectivity index (χ1v) is 7.87. The minimum atomic E-state index is -0.538. The molecule has 6 heteroatoms. The summed E-state index contributed by atoms with van der Waals surface area (Å²) in [6, 6.07) is 6.15. The molecule has 1 aromatic carbocycles. The third-order valence-electron chi connectivity index (χ3n) is 4.01. The second-order valence-electron chi connectivity index (χ2n) is 5.59. The van der Waals surface area contributed by atoms with Crippen molar-refractivity contribution in [2.75, 3.05) is 13.2 Å². The number of carbonyl (C=O) groups is 3. The average Bonchev–Trinajstić information content (AvgIpc) is 2.59. The Kier molecular flexibility index (Phi) is 5.73. The van der Waals surface area contributed by atoms with Gasteiger partial charge in [-0.2, -0.15) is 0 Å². The Morgan fingerprint density at radius 2 is 1.91 bits per heavy atom. The van der Waals surface area contributed by atoms with Crippen molar-refractivity contribution < 1.29 is 19.1 Å². The molecule has 0 spiro atoms. The van der Waals surface area contributed by atoms with E-state index in [1.807, 2.05) is 0 Å². The average molecular weight is 318 g/mol. The summed E-state index contributed by atoms with van der Waals surface area (Å²) in [6.45, 7) is 2.18. The maximum absolute atomic E-state index is 12.2. The molecular weight excluding hydrogens is 296 g/mol. The number of nitrogens with zero attached hydrogens (tertiary/aromatic N) is 1. The summed E-state index contributed by atoms with van der Waals surface area (Å²) in [5.41, 5.74) is 5.98. The smallest absolute Gasteiger partial charge is 0.261 e. The number of amides is 2. The number of rotatable bonds is 6. The van der Waals surface area contributed by atoms with Crippen molar-refractivity contribution in [2.24, 2.45) is 5.73 Å². The van der Waals surface area contributed by atoms with Gasteiger partial charge in [-0.15, -0.1) is 0 Å². The van der Waals surface area contributed by atoms with E-state index in [-0.39, 0.29) is 18.3 Å². The first-order valence-electron chi connectivity index (χ1n) is 7.87. The number of primary amides is 1. The molecule has 0 bridgehead atoms. The van der Waals surface area contributed by atoms with Crippen molar-refractivity contribution >= 4 is 17.6 Å². The maximum Gasteiger partial charge on any atom is 0.261 e. The highest BCUT2D eigenvalue weighted by atomic mass is 16.5. The molecule has 6 nitrogen and oxygen atoms in total. The summed E-state index contributed by atoms with van der Waals surface area (Å²) in [6.07, 6.45) is 2.81. The van der Waals surface area contributed by atoms with E-state index in [1.54, 1.807) is 31.2 Å². The molecule has 0 radical (unpaired) electrons. The maximum atomic E-state index is 12.2. The molecule has 1 atom stereocenters. The molecule has 1 aromatic rings. The molecular formula is C17H22N2O4. The number of ether oxygens (including phenoxy) is 1. The summed E-state index contributed by atoms with van der Waals surface area (Å²) in [5, 5.41) is 0. The van der Waals surface area contributed by atoms with Gasteiger partial charge in [-0.3, -0.25) is 14.4 Å². The first kappa shape index (κ1) is 17.0. The summed E-state index contributed by atoms with van der Waals surface area (Å²) in [5.74, 6) is -0.147. The van der Waals surface area contributed by atoms with Gasteiger partial charge in [0.25, 0.3) is 5.91 Å². The quantitative estimate of drug-likeness (QED) is 0.805. The number of piperidine rings is 1. The Morgan fingerprint density at radius 1 is 1.22 bits per heavy atom. The van der Waals surface area contributed by atoms with Crippen molar-refractivity contribution in [1.82, 2.24) is 4.90 Å². The van der Waals surface area contributed by atoms with Crippen molar-refractivity contribution in [3.05, 3.63) is 29.8 Å². The summed E-state index contributed by atoms with van der Waals surface area (Å²) < 4.78 is 5.46. The molecule has 2 rings (SSSR count). The molecule has 0 aromatic heterocycles. The Balaban J connectivity index is 1.93. The summed E-state index contributed by atoms with van der Waals surface area (Å²) in [4.78, 5) is 36.7. The standard InChI is InChI=1S/C17H22N2O4/c1-2-15(20)12-6-8-13(9-7-12)23-11-16(21)19-10-4-3-5-14(19)17(18)22/h6-9,14H,2-5,10-11H2,1H3,(H2,18,22). The van der Waals surface area contributed by atoms with E-state index in [1.165, 1.54) is 4.90 Å². The fraction of sp³-hybridized carbons (Fsp3) is 0.471. The predicted octanol–water partition coefficient (Wildman–Crippen LogP) is 1.52. The third kappa shape index (κ3) is 4.31. The van der Waals surface area contributed by atoms with Crippen LogP contribution in [0.5, 0.6) is 5.75 Å². The molecule has 1 heterocycles. The van der Waals surface area contributed by atoms with Gasteiger partial charge in [0.05, 0.1) is 0 Å². The van der Waals surface area contributed by atoms with Crippen molar-refractivity contribution in [3.63, 3.8) is 0 Å². The molecule has 1 aliphatic rings. The van der Waals surface area contributed by atoms with Gasteiger partial charge in [0.2, 0.25) is 5.91 Å². The lowest BCUT2D eigenvalue weighted by Gasteiger charge is -2.33. The Bertz CT molecular complexity index is 583. The van der Waals surface area contributed by atoms with Crippen LogP contribution in [0.3, 0.4) is 0 Å². The largest absolute Gasteiger partial charge is 0.484 e. The van der Waals surface area contributed by atoms with E-state index in [0.29, 0.717) is 30.7 Å². The number of hydrogen-bond donors (Lipinski definition) is 1. The van der Waals surface area contributed by atoms with Crippen LogP contribution in [0.15, 0.2) is 24.3 Å². The summed E-state index contributed by atoms with van der Waals surface area (Å²) >= 11 is 0. The van der Waals surface area contributed by atoms with Gasteiger partial charge in [-0.25, -0.2) is 0 Å². The van der Waals surface area contributed by atoms with Crippen LogP contribution in [-0.4, -0.2) is 41.7 Å². The van der Waals surface area contributed by atoms with E-state index in [9.17, 15) is 14.4 Å². The molecule has 1 fully saturated rings. The highest BCUT2D eigenvalue weighted by molar-refractivity contribution is 5.95. The predicted molar refractivity (Wildman–Crippen MR) is 85.1 cm³/mol. The minimum Gasteiger partial charge on any atom is -0.484 e. The molecule has 2 N–H and O–H groups in total. The van der Waals surface area contributed by atoms with Crippen molar-refractivity contribution in [3.8, 4) is 5.75 Å². The SMILES string of the molecule is CCC(=O)c1ccc(OCC(=O)N2CCCCC2C(N)=O)cc1. The topological polar surface area (TPSA) is 89.7 Å². The van der Waals surface area contributed by atoms with Gasteiger partial charge in [0.15, 0.2) is 12.4 Å². The number of benzene rings is 1. The van der Waals surface area contributed by atoms with E-state index in [0.717, 1.165) is 12.8 Å². The number of hydrogen-bond acceptors (Lipinski definition) is 4. The van der Waals surface area contributed by atoms with Crippen molar-refractivity contribution in [1.29, 1.82) is 0 Å². The number of likely N-dealkylation sites (tertiary alicyclic amines) is 1. The molecule has 1 saturated heterocycles. The molecule has 1 aliphatic heterocycles. The van der Waals surface area contributed by atoms with Gasteiger partial charge in [-0.05, 0) is 43.5 Å². The second kappa shape index (κ2) is 7.76. The number of ketones is 1. The van der Waals surface area contributed by atoms with Gasteiger partial charge in [0, 0.05) is 18.5 Å². The zero-order valence-electron chi connectivity index (χ0n) is 13.3. The molecule has 1 unspecified atom stereocenters. The molecule has 124 valence electrons. The lowest BCUT2D eigenvalue weighted by Crippen LogP contribution is -2.51. The van der Waals surface area contributed by atoms with Gasteiger partial charge in [-0.1, -0.05) is 6.92 Å². The van der Waals surface area contributed by atoms with Crippen LogP contribution in [0, 0.1) is 0 Å². The van der Waals surface area contributed by atoms with E-state index in [4.69, 9.17) is 10.5 Å². The van der Waals surface area contributed by atoms with Crippen LogP contribution < -0.4 is 10.5 Å². The first-order chi connectivity index (χ1) is 11.0. The zero-order chi connectivity index (χ0) is 16.8. The van der Waals surface area contributed by atoms with Crippen molar-refractivity contribution in [2.45, 2.75) is 38.6 Å². The highest BCUT2D eigenvalue weighted by Crippen LogP contribution is 2.18. The van der Waals surface area contributed by atoms with Crippen LogP contribution in [0.25, 0.3) is 0 Å². The number of nitrogens with two attached hydrogens (primary N) is 1. The van der Waals surface area contributed by atoms with Gasteiger partial charge >= 0.3 is 0 Å². The lowest BCUT2D eigenvalue weighted by atomic mass is 10.0. The fourth-order valence-electron chi connectivity index (χ4n) is 2.70. The molecule has 0 aliphatic carbocycles. The Labute approximate surface area is 135 Å². The van der Waals surface area contributed by atoms with Crippen LogP contribution in [0.2, 0.25) is 0 Å². The summed E-state index contributed by atoms with van der Waals surface area (Å²) in [7, 11) is 0. The zero-order valence-corrected chi connectivity index (χ0v) is 13.3. The van der Waals surface area contributed by atoms with Gasteiger partial charge in [0.1, 0.15) is 11.8 Å². The van der Waals surface area contributed by atoms with E-state index >= 15 is 0 Å². The second-order valence-corrected chi connectivity index (χ2v) is 5.59. The monoisotopic (exact) mass is 318 g/mol. The van der Waals surface area contributed by atoms with E-state index in [2.05, 4.69) is 0 Å². The third-order valence-corrected chi connectivity index (χ3v) is 4.01. The van der Waals surface area contributed by atoms with Crippen LogP contribution >= 0.6 is 0 Å².